The number of benzene rings is 2. The summed E-state index contributed by atoms with van der Waals surface area (Å²) in [6, 6.07) is 15.4. The third kappa shape index (κ3) is 7.11. The highest BCUT2D eigenvalue weighted by atomic mass is 127. The molecule has 0 saturated carbocycles. The molecule has 0 aliphatic carbocycles. The highest BCUT2D eigenvalue weighted by Gasteiger charge is 2.22. The van der Waals surface area contributed by atoms with E-state index >= 15 is 0 Å². The van der Waals surface area contributed by atoms with E-state index in [2.05, 4.69) is 27.0 Å². The number of guanidine groups is 1. The van der Waals surface area contributed by atoms with Crippen LogP contribution in [-0.2, 0) is 17.8 Å². The number of nitrogens with zero attached hydrogens (tertiary/aromatic N) is 2. The van der Waals surface area contributed by atoms with Gasteiger partial charge in [0.05, 0.1) is 13.7 Å². The van der Waals surface area contributed by atoms with Gasteiger partial charge in [0.25, 0.3) is 5.91 Å². The lowest BCUT2D eigenvalue weighted by molar-refractivity contribution is -0.123. The second-order valence-electron chi connectivity index (χ2n) is 7.19. The van der Waals surface area contributed by atoms with Crippen LogP contribution in [0.2, 0.25) is 0 Å². The summed E-state index contributed by atoms with van der Waals surface area (Å²) in [5, 5.41) is 9.30. The van der Waals surface area contributed by atoms with Crippen LogP contribution in [0.15, 0.2) is 53.5 Å². The normalized spacial score (nSPS) is 13.6. The summed E-state index contributed by atoms with van der Waals surface area (Å²) in [4.78, 5) is 29.9. The third-order valence-electron chi connectivity index (χ3n) is 5.09. The molecule has 0 bridgehead atoms. The average molecular weight is 551 g/mol. The lowest BCUT2D eigenvalue weighted by atomic mass is 10.1. The van der Waals surface area contributed by atoms with Crippen molar-refractivity contribution in [1.82, 2.24) is 20.9 Å². The maximum absolute atomic E-state index is 12.5. The van der Waals surface area contributed by atoms with Gasteiger partial charge in [-0.05, 0) is 35.7 Å². The summed E-state index contributed by atoms with van der Waals surface area (Å²) in [6.07, 6.45) is 0.816. The molecule has 1 fully saturated rings. The molecule has 3 rings (SSSR count). The summed E-state index contributed by atoms with van der Waals surface area (Å²) in [5.74, 6) is 1.34. The highest BCUT2D eigenvalue weighted by Crippen LogP contribution is 2.17. The largest absolute Gasteiger partial charge is 0.496 e. The fourth-order valence-corrected chi connectivity index (χ4v) is 3.39. The maximum Gasteiger partial charge on any atom is 0.254 e. The van der Waals surface area contributed by atoms with Crippen molar-refractivity contribution < 1.29 is 14.3 Å². The van der Waals surface area contributed by atoms with Crippen LogP contribution in [0.3, 0.4) is 0 Å². The molecule has 1 saturated heterocycles. The molecule has 3 N–H and O–H groups in total. The smallest absolute Gasteiger partial charge is 0.254 e. The van der Waals surface area contributed by atoms with Gasteiger partial charge in [0.2, 0.25) is 5.91 Å². The number of hydrogen-bond donors (Lipinski definition) is 3. The number of methoxy groups -OCH3 is 1. The zero-order valence-electron chi connectivity index (χ0n) is 18.4. The molecule has 2 amide bonds. The van der Waals surface area contributed by atoms with Crippen molar-refractivity contribution in [1.29, 1.82) is 0 Å². The van der Waals surface area contributed by atoms with Crippen molar-refractivity contribution >= 4 is 41.8 Å². The Morgan fingerprint density at radius 3 is 2.59 bits per heavy atom. The van der Waals surface area contributed by atoms with Crippen molar-refractivity contribution in [3.63, 3.8) is 0 Å². The predicted molar refractivity (Wildman–Crippen MR) is 136 cm³/mol. The molecular weight excluding hydrogens is 521 g/mol. The number of piperazine rings is 1. The van der Waals surface area contributed by atoms with Crippen molar-refractivity contribution in [2.45, 2.75) is 13.0 Å². The number of carbonyl (C=O) groups excluding carboxylic acids is 2. The van der Waals surface area contributed by atoms with Gasteiger partial charge >= 0.3 is 0 Å². The molecule has 172 valence electrons. The summed E-state index contributed by atoms with van der Waals surface area (Å²) in [7, 11) is 3.41. The standard InChI is InChI=1S/C23H29N5O3.HI/c1-24-23(26-12-11-18-5-3-4-6-20(18)31-2)27-15-17-7-9-19(10-8-17)22(30)28-14-13-25-21(29)16-28;/h3-10H,11-16H2,1-2H3,(H,25,29)(H2,24,26,27);1H. The van der Waals surface area contributed by atoms with Crippen molar-refractivity contribution in [2.24, 2.45) is 4.99 Å². The van der Waals surface area contributed by atoms with Crippen LogP contribution < -0.4 is 20.7 Å². The molecule has 32 heavy (non-hydrogen) atoms. The molecule has 0 aromatic heterocycles. The molecular formula is C23H30IN5O3. The minimum absolute atomic E-state index is 0. The minimum atomic E-state index is -0.122. The number of carbonyl (C=O) groups is 2. The molecule has 0 atom stereocenters. The van der Waals surface area contributed by atoms with Crippen molar-refractivity contribution in [2.75, 3.05) is 40.3 Å². The number of hydrogen-bond acceptors (Lipinski definition) is 4. The van der Waals surface area contributed by atoms with Gasteiger partial charge in [-0.3, -0.25) is 14.6 Å². The van der Waals surface area contributed by atoms with Gasteiger partial charge in [0.1, 0.15) is 5.75 Å². The van der Waals surface area contributed by atoms with Crippen molar-refractivity contribution in [3.8, 4) is 5.75 Å². The number of halogens is 1. The number of nitrogens with one attached hydrogen (secondary N) is 3. The van der Waals surface area contributed by atoms with E-state index in [1.807, 2.05) is 30.3 Å². The SMILES string of the molecule is CN=C(NCCc1ccccc1OC)NCc1ccc(C(=O)N2CCNC(=O)C2)cc1.I. The number of aliphatic imine (C=N–C) groups is 1. The van der Waals surface area contributed by atoms with Gasteiger partial charge < -0.3 is 25.6 Å². The lowest BCUT2D eigenvalue weighted by Gasteiger charge is -2.26. The highest BCUT2D eigenvalue weighted by molar-refractivity contribution is 14.0. The van der Waals surface area contributed by atoms with E-state index in [0.29, 0.717) is 31.2 Å². The molecule has 0 spiro atoms. The first-order chi connectivity index (χ1) is 15.1. The predicted octanol–water partition coefficient (Wildman–Crippen LogP) is 1.79. The van der Waals surface area contributed by atoms with E-state index in [-0.39, 0.29) is 42.3 Å². The number of para-hydroxylation sites is 1. The Hall–Kier alpha value is -2.82. The van der Waals surface area contributed by atoms with Crippen LogP contribution in [0.25, 0.3) is 0 Å². The first-order valence-electron chi connectivity index (χ1n) is 10.3. The van der Waals surface area contributed by atoms with Gasteiger partial charge in [-0.15, -0.1) is 24.0 Å². The Morgan fingerprint density at radius 1 is 1.16 bits per heavy atom. The van der Waals surface area contributed by atoms with Crippen LogP contribution in [0.1, 0.15) is 21.5 Å². The summed E-state index contributed by atoms with van der Waals surface area (Å²) in [5.41, 5.74) is 2.75. The Balaban J connectivity index is 0.00000363. The first-order valence-corrected chi connectivity index (χ1v) is 10.3. The van der Waals surface area contributed by atoms with E-state index in [0.717, 1.165) is 29.8 Å². The Kier molecular flexibility index (Phi) is 10.3. The number of rotatable bonds is 7. The fraction of sp³-hybridized carbons (Fsp3) is 0.348. The third-order valence-corrected chi connectivity index (χ3v) is 5.09. The molecule has 0 radical (unpaired) electrons. The molecule has 1 heterocycles. The molecule has 8 nitrogen and oxygen atoms in total. The monoisotopic (exact) mass is 551 g/mol. The lowest BCUT2D eigenvalue weighted by Crippen LogP contribution is -2.49. The molecule has 9 heteroatoms. The average Bonchev–Trinajstić information content (AvgIpc) is 2.81. The van der Waals surface area contributed by atoms with Crippen LogP contribution >= 0.6 is 24.0 Å². The van der Waals surface area contributed by atoms with Crippen LogP contribution in [0.5, 0.6) is 5.75 Å². The topological polar surface area (TPSA) is 95.1 Å². The zero-order chi connectivity index (χ0) is 22.1. The molecule has 0 unspecified atom stereocenters. The Labute approximate surface area is 205 Å². The second-order valence-corrected chi connectivity index (χ2v) is 7.19. The summed E-state index contributed by atoms with van der Waals surface area (Å²) in [6.45, 7) is 2.44. The first kappa shape index (κ1) is 25.4. The number of ether oxygens (including phenoxy) is 1. The maximum atomic E-state index is 12.5. The van der Waals surface area contributed by atoms with Gasteiger partial charge in [-0.2, -0.15) is 0 Å². The number of amides is 2. The van der Waals surface area contributed by atoms with Gasteiger partial charge in [-0.25, -0.2) is 0 Å². The quantitative estimate of drug-likeness (QED) is 0.277. The van der Waals surface area contributed by atoms with Crippen LogP contribution in [-0.4, -0.2) is 63.0 Å². The van der Waals surface area contributed by atoms with E-state index in [1.54, 1.807) is 31.2 Å². The van der Waals surface area contributed by atoms with Crippen LogP contribution in [0.4, 0.5) is 0 Å². The van der Waals surface area contributed by atoms with Crippen molar-refractivity contribution in [3.05, 3.63) is 65.2 Å². The van der Waals surface area contributed by atoms with Gasteiger partial charge in [-0.1, -0.05) is 30.3 Å². The molecule has 1 aliphatic rings. The Bertz CT molecular complexity index is 933. The second kappa shape index (κ2) is 12.9. The summed E-state index contributed by atoms with van der Waals surface area (Å²) < 4.78 is 5.38. The molecule has 1 aliphatic heterocycles. The summed E-state index contributed by atoms with van der Waals surface area (Å²) >= 11 is 0. The van der Waals surface area contributed by atoms with E-state index in [4.69, 9.17) is 4.74 Å². The van der Waals surface area contributed by atoms with Gasteiger partial charge in [0.15, 0.2) is 5.96 Å². The minimum Gasteiger partial charge on any atom is -0.496 e. The molecule has 2 aromatic rings. The van der Waals surface area contributed by atoms with Crippen LogP contribution in [0, 0.1) is 0 Å². The fourth-order valence-electron chi connectivity index (χ4n) is 3.39. The van der Waals surface area contributed by atoms with E-state index in [1.165, 1.54) is 0 Å². The zero-order valence-corrected chi connectivity index (χ0v) is 20.7. The Morgan fingerprint density at radius 2 is 1.91 bits per heavy atom. The van der Waals surface area contributed by atoms with E-state index < -0.39 is 0 Å². The van der Waals surface area contributed by atoms with E-state index in [9.17, 15) is 9.59 Å². The van der Waals surface area contributed by atoms with Gasteiger partial charge in [0, 0.05) is 38.8 Å². The molecule has 2 aromatic carbocycles.